The van der Waals surface area contributed by atoms with Crippen LogP contribution in [0.25, 0.3) is 0 Å². The maximum absolute atomic E-state index is 12.5. The predicted molar refractivity (Wildman–Crippen MR) is 84.6 cm³/mol. The molecule has 0 fully saturated rings. The van der Waals surface area contributed by atoms with E-state index in [-0.39, 0.29) is 5.91 Å². The summed E-state index contributed by atoms with van der Waals surface area (Å²) in [4.78, 5) is 12.5. The number of carbonyl (C=O) groups is 1. The van der Waals surface area contributed by atoms with E-state index in [9.17, 15) is 4.79 Å². The van der Waals surface area contributed by atoms with E-state index in [0.717, 1.165) is 28.1 Å². The highest BCUT2D eigenvalue weighted by Crippen LogP contribution is 2.21. The Morgan fingerprint density at radius 1 is 0.900 bits per heavy atom. The summed E-state index contributed by atoms with van der Waals surface area (Å²) < 4.78 is 0. The Labute approximate surface area is 120 Å². The van der Waals surface area contributed by atoms with Crippen molar-refractivity contribution in [2.24, 2.45) is 0 Å². The first-order chi connectivity index (χ1) is 9.51. The maximum atomic E-state index is 12.5. The third-order valence-electron chi connectivity index (χ3n) is 3.33. The number of rotatable bonds is 3. The summed E-state index contributed by atoms with van der Waals surface area (Å²) in [5, 5.41) is 6.04. The summed E-state index contributed by atoms with van der Waals surface area (Å²) in [5.41, 5.74) is 5.60. The molecule has 20 heavy (non-hydrogen) atoms. The summed E-state index contributed by atoms with van der Waals surface area (Å²) >= 11 is 0. The highest BCUT2D eigenvalue weighted by atomic mass is 16.1. The summed E-state index contributed by atoms with van der Waals surface area (Å²) in [6.45, 7) is 5.99. The Morgan fingerprint density at radius 2 is 1.55 bits per heavy atom. The lowest BCUT2D eigenvalue weighted by Crippen LogP contribution is -2.15. The molecule has 0 heterocycles. The van der Waals surface area contributed by atoms with Crippen LogP contribution in [0.3, 0.4) is 0 Å². The van der Waals surface area contributed by atoms with Crippen LogP contribution in [0.1, 0.15) is 27.0 Å². The fraction of sp³-hybridized carbons (Fsp3) is 0.235. The molecular weight excluding hydrogens is 248 g/mol. The van der Waals surface area contributed by atoms with E-state index >= 15 is 0 Å². The van der Waals surface area contributed by atoms with Gasteiger partial charge in [-0.2, -0.15) is 0 Å². The van der Waals surface area contributed by atoms with Crippen LogP contribution in [0.2, 0.25) is 0 Å². The molecular formula is C17H20N2O. The van der Waals surface area contributed by atoms with Gasteiger partial charge in [0, 0.05) is 18.4 Å². The topological polar surface area (TPSA) is 41.1 Å². The van der Waals surface area contributed by atoms with Crippen LogP contribution in [-0.2, 0) is 0 Å². The first-order valence-corrected chi connectivity index (χ1v) is 6.68. The zero-order chi connectivity index (χ0) is 14.7. The Bertz CT molecular complexity index is 647. The third kappa shape index (κ3) is 2.99. The molecule has 0 saturated carbocycles. The molecule has 0 radical (unpaired) electrons. The van der Waals surface area contributed by atoms with E-state index in [4.69, 9.17) is 0 Å². The minimum Gasteiger partial charge on any atom is -0.387 e. The maximum Gasteiger partial charge on any atom is 0.257 e. The molecule has 2 N–H and O–H groups in total. The Morgan fingerprint density at radius 3 is 2.25 bits per heavy atom. The molecule has 104 valence electrons. The summed E-state index contributed by atoms with van der Waals surface area (Å²) in [7, 11) is 1.82. The molecule has 0 saturated heterocycles. The van der Waals surface area contributed by atoms with Crippen molar-refractivity contribution < 1.29 is 4.79 Å². The van der Waals surface area contributed by atoms with E-state index in [1.54, 1.807) is 0 Å². The summed E-state index contributed by atoms with van der Waals surface area (Å²) in [5.74, 6) is -0.0910. The van der Waals surface area contributed by atoms with Crippen LogP contribution in [0.4, 0.5) is 11.4 Å². The lowest BCUT2D eigenvalue weighted by molar-refractivity contribution is 0.102. The van der Waals surface area contributed by atoms with Gasteiger partial charge in [0.1, 0.15) is 0 Å². The standard InChI is InChI=1S/C17H20N2O/c1-11-6-8-15(18-4)14(9-11)17(20)19-16-10-12(2)5-7-13(16)3/h5-10,18H,1-4H3,(H,19,20). The number of carbonyl (C=O) groups excluding carboxylic acids is 1. The van der Waals surface area contributed by atoms with Gasteiger partial charge in [-0.1, -0.05) is 23.8 Å². The molecule has 0 aliphatic carbocycles. The summed E-state index contributed by atoms with van der Waals surface area (Å²) in [6.07, 6.45) is 0. The normalized spacial score (nSPS) is 10.2. The molecule has 0 aliphatic rings. The quantitative estimate of drug-likeness (QED) is 0.886. The van der Waals surface area contributed by atoms with Gasteiger partial charge in [-0.25, -0.2) is 0 Å². The second-order valence-electron chi connectivity index (χ2n) is 5.07. The molecule has 3 nitrogen and oxygen atoms in total. The van der Waals surface area contributed by atoms with Crippen molar-refractivity contribution in [2.75, 3.05) is 17.7 Å². The predicted octanol–water partition coefficient (Wildman–Crippen LogP) is 3.91. The van der Waals surface area contributed by atoms with Crippen LogP contribution in [0.15, 0.2) is 36.4 Å². The van der Waals surface area contributed by atoms with E-state index in [0.29, 0.717) is 5.56 Å². The number of hydrogen-bond acceptors (Lipinski definition) is 2. The fourth-order valence-electron chi connectivity index (χ4n) is 2.12. The van der Waals surface area contributed by atoms with Crippen molar-refractivity contribution >= 4 is 17.3 Å². The first-order valence-electron chi connectivity index (χ1n) is 6.68. The zero-order valence-corrected chi connectivity index (χ0v) is 12.4. The lowest BCUT2D eigenvalue weighted by atomic mass is 10.1. The molecule has 0 aromatic heterocycles. The van der Waals surface area contributed by atoms with E-state index in [1.807, 2.05) is 64.2 Å². The van der Waals surface area contributed by atoms with Crippen molar-refractivity contribution in [3.8, 4) is 0 Å². The van der Waals surface area contributed by atoms with E-state index < -0.39 is 0 Å². The fourth-order valence-corrected chi connectivity index (χ4v) is 2.12. The van der Waals surface area contributed by atoms with Gasteiger partial charge in [-0.05, 0) is 50.1 Å². The van der Waals surface area contributed by atoms with Crippen LogP contribution in [0, 0.1) is 20.8 Å². The van der Waals surface area contributed by atoms with Gasteiger partial charge in [0.15, 0.2) is 0 Å². The van der Waals surface area contributed by atoms with Crippen LogP contribution in [-0.4, -0.2) is 13.0 Å². The van der Waals surface area contributed by atoms with Gasteiger partial charge in [0.25, 0.3) is 5.91 Å². The minimum absolute atomic E-state index is 0.0910. The van der Waals surface area contributed by atoms with Gasteiger partial charge in [0.05, 0.1) is 5.56 Å². The third-order valence-corrected chi connectivity index (χ3v) is 3.33. The van der Waals surface area contributed by atoms with Crippen molar-refractivity contribution in [1.29, 1.82) is 0 Å². The van der Waals surface area contributed by atoms with Gasteiger partial charge in [-0.15, -0.1) is 0 Å². The van der Waals surface area contributed by atoms with Gasteiger partial charge < -0.3 is 10.6 Å². The number of nitrogens with one attached hydrogen (secondary N) is 2. The molecule has 2 aromatic rings. The second kappa shape index (κ2) is 5.78. The van der Waals surface area contributed by atoms with Crippen LogP contribution < -0.4 is 10.6 Å². The Hall–Kier alpha value is -2.29. The van der Waals surface area contributed by atoms with Crippen molar-refractivity contribution in [1.82, 2.24) is 0 Å². The molecule has 0 spiro atoms. The lowest BCUT2D eigenvalue weighted by Gasteiger charge is -2.13. The SMILES string of the molecule is CNc1ccc(C)cc1C(=O)Nc1cc(C)ccc1C. The first kappa shape index (κ1) is 14.1. The number of amides is 1. The molecule has 2 aromatic carbocycles. The number of aryl methyl sites for hydroxylation is 3. The Kier molecular flexibility index (Phi) is 4.08. The van der Waals surface area contributed by atoms with Crippen LogP contribution in [0.5, 0.6) is 0 Å². The van der Waals surface area contributed by atoms with Crippen molar-refractivity contribution in [3.63, 3.8) is 0 Å². The number of anilines is 2. The molecule has 0 aliphatic heterocycles. The van der Waals surface area contributed by atoms with Gasteiger partial charge >= 0.3 is 0 Å². The highest BCUT2D eigenvalue weighted by Gasteiger charge is 2.12. The highest BCUT2D eigenvalue weighted by molar-refractivity contribution is 6.08. The monoisotopic (exact) mass is 268 g/mol. The van der Waals surface area contributed by atoms with Crippen molar-refractivity contribution in [2.45, 2.75) is 20.8 Å². The van der Waals surface area contributed by atoms with Gasteiger partial charge in [0.2, 0.25) is 0 Å². The summed E-state index contributed by atoms with van der Waals surface area (Å²) in [6, 6.07) is 11.8. The number of benzene rings is 2. The molecule has 3 heteroatoms. The largest absolute Gasteiger partial charge is 0.387 e. The molecule has 1 amide bonds. The van der Waals surface area contributed by atoms with E-state index in [2.05, 4.69) is 10.6 Å². The number of hydrogen-bond donors (Lipinski definition) is 2. The van der Waals surface area contributed by atoms with Gasteiger partial charge in [-0.3, -0.25) is 4.79 Å². The minimum atomic E-state index is -0.0910. The van der Waals surface area contributed by atoms with Crippen LogP contribution >= 0.6 is 0 Å². The zero-order valence-electron chi connectivity index (χ0n) is 12.4. The second-order valence-corrected chi connectivity index (χ2v) is 5.07. The molecule has 0 atom stereocenters. The molecule has 0 bridgehead atoms. The average molecular weight is 268 g/mol. The smallest absolute Gasteiger partial charge is 0.257 e. The van der Waals surface area contributed by atoms with E-state index in [1.165, 1.54) is 0 Å². The van der Waals surface area contributed by atoms with Crippen molar-refractivity contribution in [3.05, 3.63) is 58.7 Å². The molecule has 2 rings (SSSR count). The average Bonchev–Trinajstić information content (AvgIpc) is 2.42. The molecule has 0 unspecified atom stereocenters. The Balaban J connectivity index is 2.32.